The highest BCUT2D eigenvalue weighted by atomic mass is 16.2. The molecule has 78 valence electrons. The first-order valence-electron chi connectivity index (χ1n) is 4.82. The summed E-state index contributed by atoms with van der Waals surface area (Å²) in [6.07, 6.45) is -0.164. The zero-order valence-electron chi connectivity index (χ0n) is 8.77. The first kappa shape index (κ1) is 9.71. The van der Waals surface area contributed by atoms with Gasteiger partial charge in [-0.1, -0.05) is 30.3 Å². The molecule has 0 spiro atoms. The number of amides is 1. The Morgan fingerprint density at radius 2 is 2.00 bits per heavy atom. The van der Waals surface area contributed by atoms with Gasteiger partial charge in [0.15, 0.2) is 0 Å². The summed E-state index contributed by atoms with van der Waals surface area (Å²) in [6, 6.07) is 9.78. The Kier molecular flexibility index (Phi) is 2.41. The third-order valence-corrected chi connectivity index (χ3v) is 2.39. The van der Waals surface area contributed by atoms with E-state index in [1.165, 1.54) is 0 Å². The molecule has 1 unspecified atom stereocenters. The summed E-state index contributed by atoms with van der Waals surface area (Å²) in [6.45, 7) is 1.70. The Bertz CT molecular complexity index is 400. The second-order valence-corrected chi connectivity index (χ2v) is 3.55. The molecule has 2 rings (SSSR count). The van der Waals surface area contributed by atoms with Crippen molar-refractivity contribution >= 4 is 11.6 Å². The van der Waals surface area contributed by atoms with Gasteiger partial charge < -0.3 is 5.32 Å². The average molecular weight is 203 g/mol. The van der Waals surface area contributed by atoms with Gasteiger partial charge in [-0.2, -0.15) is 5.10 Å². The Morgan fingerprint density at radius 1 is 1.33 bits per heavy atom. The first-order chi connectivity index (χ1) is 7.18. The van der Waals surface area contributed by atoms with E-state index in [1.807, 2.05) is 37.4 Å². The van der Waals surface area contributed by atoms with E-state index in [4.69, 9.17) is 0 Å². The molecule has 0 bridgehead atoms. The van der Waals surface area contributed by atoms with Crippen LogP contribution in [-0.2, 0) is 4.79 Å². The molecule has 1 N–H and O–H groups in total. The van der Waals surface area contributed by atoms with Gasteiger partial charge in [0.1, 0.15) is 11.9 Å². The molecule has 1 aromatic carbocycles. The van der Waals surface area contributed by atoms with Gasteiger partial charge >= 0.3 is 0 Å². The molecule has 4 heteroatoms. The van der Waals surface area contributed by atoms with Crippen LogP contribution in [0.25, 0.3) is 0 Å². The van der Waals surface area contributed by atoms with Crippen molar-refractivity contribution in [3.63, 3.8) is 0 Å². The highest BCUT2D eigenvalue weighted by Crippen LogP contribution is 2.18. The molecule has 0 saturated carbocycles. The summed E-state index contributed by atoms with van der Waals surface area (Å²) < 4.78 is 0. The Hall–Kier alpha value is -1.84. The molecule has 0 aromatic heterocycles. The summed E-state index contributed by atoms with van der Waals surface area (Å²) in [5.41, 5.74) is 1.52. The van der Waals surface area contributed by atoms with E-state index in [9.17, 15) is 4.79 Å². The maximum Gasteiger partial charge on any atom is 0.269 e. The average Bonchev–Trinajstić information content (AvgIpc) is 2.25. The monoisotopic (exact) mass is 203 g/mol. The van der Waals surface area contributed by atoms with Crippen LogP contribution in [-0.4, -0.2) is 23.7 Å². The SMILES string of the molecule is CC1=NN(C)C(c2ccccc2)NC1=O. The molecule has 1 heterocycles. The van der Waals surface area contributed by atoms with Crippen LogP contribution >= 0.6 is 0 Å². The van der Waals surface area contributed by atoms with Crippen LogP contribution in [0.2, 0.25) is 0 Å². The number of benzene rings is 1. The van der Waals surface area contributed by atoms with Gasteiger partial charge in [-0.15, -0.1) is 0 Å². The molecule has 0 aliphatic carbocycles. The third-order valence-electron chi connectivity index (χ3n) is 2.39. The van der Waals surface area contributed by atoms with E-state index in [0.717, 1.165) is 5.56 Å². The third kappa shape index (κ3) is 1.83. The highest BCUT2D eigenvalue weighted by molar-refractivity contribution is 6.38. The molecule has 4 nitrogen and oxygen atoms in total. The number of nitrogens with zero attached hydrogens (tertiary/aromatic N) is 2. The van der Waals surface area contributed by atoms with E-state index in [1.54, 1.807) is 11.9 Å². The van der Waals surface area contributed by atoms with Crippen molar-refractivity contribution in [3.8, 4) is 0 Å². The molecule has 0 saturated heterocycles. The maximum atomic E-state index is 11.5. The van der Waals surface area contributed by atoms with Gasteiger partial charge in [0.25, 0.3) is 5.91 Å². The fourth-order valence-electron chi connectivity index (χ4n) is 1.60. The van der Waals surface area contributed by atoms with Gasteiger partial charge in [0.2, 0.25) is 0 Å². The minimum Gasteiger partial charge on any atom is -0.326 e. The van der Waals surface area contributed by atoms with Gasteiger partial charge in [-0.3, -0.25) is 9.80 Å². The van der Waals surface area contributed by atoms with Crippen molar-refractivity contribution in [3.05, 3.63) is 35.9 Å². The predicted molar refractivity (Wildman–Crippen MR) is 58.2 cm³/mol. The zero-order valence-corrected chi connectivity index (χ0v) is 8.77. The molecule has 0 fully saturated rings. The summed E-state index contributed by atoms with van der Waals surface area (Å²) in [5, 5.41) is 8.80. The fraction of sp³-hybridized carbons (Fsp3) is 0.273. The van der Waals surface area contributed by atoms with E-state index in [2.05, 4.69) is 10.4 Å². The van der Waals surface area contributed by atoms with Crippen molar-refractivity contribution in [2.24, 2.45) is 5.10 Å². The van der Waals surface area contributed by atoms with Crippen molar-refractivity contribution in [2.75, 3.05) is 7.05 Å². The molecule has 0 radical (unpaired) electrons. The topological polar surface area (TPSA) is 44.7 Å². The highest BCUT2D eigenvalue weighted by Gasteiger charge is 2.24. The number of hydrogen-bond donors (Lipinski definition) is 1. The number of hydrogen-bond acceptors (Lipinski definition) is 3. The van der Waals surface area contributed by atoms with Gasteiger partial charge in [0.05, 0.1) is 0 Å². The fourth-order valence-corrected chi connectivity index (χ4v) is 1.60. The minimum absolute atomic E-state index is 0.109. The van der Waals surface area contributed by atoms with Crippen LogP contribution in [0.5, 0.6) is 0 Å². The molecular weight excluding hydrogens is 190 g/mol. The van der Waals surface area contributed by atoms with Crippen LogP contribution in [0.3, 0.4) is 0 Å². The summed E-state index contributed by atoms with van der Waals surface area (Å²) in [5.74, 6) is -0.109. The van der Waals surface area contributed by atoms with Crippen LogP contribution < -0.4 is 5.32 Å². The van der Waals surface area contributed by atoms with Crippen LogP contribution in [0.4, 0.5) is 0 Å². The smallest absolute Gasteiger partial charge is 0.269 e. The molecule has 1 amide bonds. The predicted octanol–water partition coefficient (Wildman–Crippen LogP) is 1.12. The largest absolute Gasteiger partial charge is 0.326 e. The second-order valence-electron chi connectivity index (χ2n) is 3.55. The van der Waals surface area contributed by atoms with E-state index < -0.39 is 0 Å². The second kappa shape index (κ2) is 3.73. The molecule has 15 heavy (non-hydrogen) atoms. The summed E-state index contributed by atoms with van der Waals surface area (Å²) in [4.78, 5) is 11.5. The lowest BCUT2D eigenvalue weighted by Crippen LogP contribution is -2.45. The molecule has 1 atom stereocenters. The number of nitrogens with one attached hydrogen (secondary N) is 1. The molecule has 1 aliphatic rings. The van der Waals surface area contributed by atoms with Gasteiger partial charge in [0, 0.05) is 7.05 Å². The van der Waals surface area contributed by atoms with E-state index >= 15 is 0 Å². The normalized spacial score (nSPS) is 20.9. The Labute approximate surface area is 88.6 Å². The lowest BCUT2D eigenvalue weighted by atomic mass is 10.1. The van der Waals surface area contributed by atoms with Crippen molar-refractivity contribution < 1.29 is 4.79 Å². The number of carbonyl (C=O) groups excluding carboxylic acids is 1. The maximum absolute atomic E-state index is 11.5. The lowest BCUT2D eigenvalue weighted by Gasteiger charge is -2.30. The van der Waals surface area contributed by atoms with Crippen molar-refractivity contribution in [1.29, 1.82) is 0 Å². The summed E-state index contributed by atoms with van der Waals surface area (Å²) in [7, 11) is 1.85. The van der Waals surface area contributed by atoms with Crippen LogP contribution in [0.15, 0.2) is 35.4 Å². The van der Waals surface area contributed by atoms with Crippen LogP contribution in [0.1, 0.15) is 18.7 Å². The van der Waals surface area contributed by atoms with Gasteiger partial charge in [-0.25, -0.2) is 0 Å². The minimum atomic E-state index is -0.164. The van der Waals surface area contributed by atoms with Crippen molar-refractivity contribution in [2.45, 2.75) is 13.1 Å². The number of hydrazone groups is 1. The van der Waals surface area contributed by atoms with E-state index in [-0.39, 0.29) is 12.1 Å². The zero-order chi connectivity index (χ0) is 10.8. The van der Waals surface area contributed by atoms with E-state index in [0.29, 0.717) is 5.71 Å². The van der Waals surface area contributed by atoms with Crippen LogP contribution in [0, 0.1) is 0 Å². The lowest BCUT2D eigenvalue weighted by molar-refractivity contribution is -0.117. The Balaban J connectivity index is 2.29. The molecule has 1 aromatic rings. The molecular formula is C11H13N3O. The summed E-state index contributed by atoms with van der Waals surface area (Å²) >= 11 is 0. The van der Waals surface area contributed by atoms with Gasteiger partial charge in [-0.05, 0) is 12.5 Å². The number of rotatable bonds is 1. The molecule has 1 aliphatic heterocycles. The Morgan fingerprint density at radius 3 is 2.67 bits per heavy atom. The quantitative estimate of drug-likeness (QED) is 0.743. The number of carbonyl (C=O) groups is 1. The standard InChI is InChI=1S/C11H13N3O/c1-8-11(15)12-10(14(2)13-8)9-6-4-3-5-7-9/h3-7,10H,1-2H3,(H,12,15). The van der Waals surface area contributed by atoms with Crippen molar-refractivity contribution in [1.82, 2.24) is 10.3 Å². The first-order valence-corrected chi connectivity index (χ1v) is 4.82.